The fraction of sp³-hybridized carbons (Fsp3) is 0. The predicted molar refractivity (Wildman–Crippen MR) is 611 cm³/mol. The summed E-state index contributed by atoms with van der Waals surface area (Å²) in [6, 6.07) is 167. The highest BCUT2D eigenvalue weighted by Gasteiger charge is 2.33. The number of rotatable bonds is 7. The van der Waals surface area contributed by atoms with Gasteiger partial charge in [0.15, 0.2) is 11.6 Å². The molecule has 0 atom stereocenters. The molecule has 0 radical (unpaired) electrons. The van der Waals surface area contributed by atoms with Crippen LogP contribution in [-0.2, 0) is 0 Å². The summed E-state index contributed by atoms with van der Waals surface area (Å²) < 4.78 is 17.1. The van der Waals surface area contributed by atoms with Gasteiger partial charge in [0.1, 0.15) is 11.4 Å². The van der Waals surface area contributed by atoms with Crippen molar-refractivity contribution in [2.24, 2.45) is 0 Å². The number of hydrogen-bond donors (Lipinski definition) is 0. The summed E-state index contributed by atoms with van der Waals surface area (Å²) in [5.74, 6) is 2.31. The lowest BCUT2D eigenvalue weighted by molar-refractivity contribution is 1.01. The molecule has 0 aliphatic heterocycles. The minimum atomic E-state index is 0.648. The number of benzene rings is 22. The Morgan fingerprint density at radius 3 is 1.05 bits per heavy atom. The maximum Gasteiger partial charge on any atom is 0.235 e. The summed E-state index contributed by atoms with van der Waals surface area (Å²) in [6.45, 7) is 0. The summed E-state index contributed by atoms with van der Waals surface area (Å²) in [4.78, 5) is 32.3. The molecule has 0 N–H and O–H groups in total. The van der Waals surface area contributed by atoms with Crippen molar-refractivity contribution < 1.29 is 0 Å². The molecule has 35 rings (SSSR count). The van der Waals surface area contributed by atoms with E-state index in [2.05, 4.69) is 456 Å². The first-order valence-electron chi connectivity index (χ1n) is 50.2. The molecule has 0 aliphatic rings. The number of hydrogen-bond acceptors (Lipinski definition) is 6. The average molecular weight is 1870 g/mol. The molecule has 0 amide bonds. The molecule has 22 aromatic carbocycles. The minimum Gasteiger partial charge on any atom is -0.308 e. The standard InChI is InChI=1S/C50H29N5.2C42H24N4/c1-3-15-30(16-4-1)46-36-21-7-10-24-39(36)51-50(52-46)55-43-28-14-27-42-45(43)44-37(35-23-13-22-34-32-19-8-12-26-41(32)54(42)47(34)35)29-38-33-20-9-11-25-40(33)53(48(38)49(44)55)31-17-5-2-6-18-31;1-2-12-25(13-3-1)39-42(44-33-21-8-7-20-32(33)43-39)45-35-23-11-17-29-31-19-10-18-30-28-16-6-9-22-34(28)46(40(30)31)41-27-15-5-4-14-26(27)24-36(45)38(41)37(29)35;1-2-12-25(13-3-1)39-42(44-33-20-8-7-19-32(33)43-39)46-36-23-11-22-35-38(36)37-31(24-26-14-4-5-15-27(26)41(37)46)30-18-10-17-29-28-16-6-9-21-34(28)45(35)40(29)30/h1-29H;2*1-24H. The fourth-order valence-corrected chi connectivity index (χ4v) is 25.5. The summed E-state index contributed by atoms with van der Waals surface area (Å²) in [5, 5.41) is 30.6. The van der Waals surface area contributed by atoms with E-state index < -0.39 is 0 Å². The summed E-state index contributed by atoms with van der Waals surface area (Å²) >= 11 is 0. The number of para-hydroxylation sites is 13. The molecular weight excluding hydrogens is 1790 g/mol. The molecular formula is C134H77N13. The zero-order valence-corrected chi connectivity index (χ0v) is 78.8. The maximum absolute atomic E-state index is 5.54. The van der Waals surface area contributed by atoms with Gasteiger partial charge in [0.2, 0.25) is 5.95 Å². The molecule has 147 heavy (non-hydrogen) atoms. The van der Waals surface area contributed by atoms with E-state index in [9.17, 15) is 0 Å². The van der Waals surface area contributed by atoms with Gasteiger partial charge in [0.25, 0.3) is 0 Å². The minimum absolute atomic E-state index is 0.648. The third kappa shape index (κ3) is 11.0. The lowest BCUT2D eigenvalue weighted by atomic mass is 9.99. The Kier molecular flexibility index (Phi) is 16.4. The van der Waals surface area contributed by atoms with Crippen molar-refractivity contribution in [2.75, 3.05) is 0 Å². The molecule has 0 saturated heterocycles. The Hall–Kier alpha value is -20.0. The molecule has 13 nitrogen and oxygen atoms in total. The van der Waals surface area contributed by atoms with Crippen molar-refractivity contribution in [3.63, 3.8) is 0 Å². The van der Waals surface area contributed by atoms with Crippen molar-refractivity contribution in [3.05, 3.63) is 467 Å². The molecule has 0 spiro atoms. The highest BCUT2D eigenvalue weighted by Crippen LogP contribution is 2.54. The van der Waals surface area contributed by atoms with E-state index >= 15 is 0 Å². The second-order valence-corrected chi connectivity index (χ2v) is 38.9. The van der Waals surface area contributed by atoms with Gasteiger partial charge in [-0.1, -0.05) is 352 Å². The first-order valence-corrected chi connectivity index (χ1v) is 50.2. The highest BCUT2D eigenvalue weighted by molar-refractivity contribution is 6.40. The van der Waals surface area contributed by atoms with E-state index in [-0.39, 0.29) is 0 Å². The van der Waals surface area contributed by atoms with Crippen LogP contribution in [0.5, 0.6) is 0 Å². The second-order valence-electron chi connectivity index (χ2n) is 38.9. The van der Waals surface area contributed by atoms with Crippen LogP contribution >= 0.6 is 0 Å². The Labute approximate surface area is 835 Å². The molecule has 13 heterocycles. The van der Waals surface area contributed by atoms with Crippen LogP contribution in [0.2, 0.25) is 0 Å². The van der Waals surface area contributed by atoms with Crippen LogP contribution in [0.15, 0.2) is 467 Å². The lowest BCUT2D eigenvalue weighted by Gasteiger charge is -2.15. The van der Waals surface area contributed by atoms with Gasteiger partial charge in [-0.3, -0.25) is 13.7 Å². The van der Waals surface area contributed by atoms with Crippen molar-refractivity contribution in [3.8, 4) is 57.0 Å². The summed E-state index contributed by atoms with van der Waals surface area (Å²) in [5.41, 5.74) is 31.2. The van der Waals surface area contributed by atoms with Gasteiger partial charge in [-0.2, -0.15) is 0 Å². The number of aromatic nitrogens is 13. The molecule has 0 unspecified atom stereocenters. The van der Waals surface area contributed by atoms with E-state index in [0.29, 0.717) is 5.95 Å². The fourth-order valence-electron chi connectivity index (χ4n) is 25.5. The van der Waals surface area contributed by atoms with Crippen LogP contribution in [0, 0.1) is 0 Å². The van der Waals surface area contributed by atoms with Crippen LogP contribution in [0.25, 0.3) is 313 Å². The average Bonchev–Trinajstić information content (AvgIpc) is 1.50. The zero-order chi connectivity index (χ0) is 95.6. The van der Waals surface area contributed by atoms with E-state index in [1.165, 1.54) is 173 Å². The zero-order valence-electron chi connectivity index (χ0n) is 78.8. The molecule has 0 aliphatic carbocycles. The van der Waals surface area contributed by atoms with Gasteiger partial charge in [0, 0.05) is 130 Å². The molecule has 0 saturated carbocycles. The van der Waals surface area contributed by atoms with Crippen molar-refractivity contribution in [2.45, 2.75) is 0 Å². The first-order chi connectivity index (χ1) is 73.0. The van der Waals surface area contributed by atoms with Crippen molar-refractivity contribution in [1.29, 1.82) is 0 Å². The van der Waals surface area contributed by atoms with E-state index in [0.717, 1.165) is 134 Å². The van der Waals surface area contributed by atoms with E-state index in [4.69, 9.17) is 29.9 Å². The van der Waals surface area contributed by atoms with E-state index in [1.807, 2.05) is 42.5 Å². The Morgan fingerprint density at radius 2 is 0.497 bits per heavy atom. The monoisotopic (exact) mass is 1870 g/mol. The lowest BCUT2D eigenvalue weighted by Crippen LogP contribution is -2.05. The van der Waals surface area contributed by atoms with Gasteiger partial charge < -0.3 is 17.8 Å². The van der Waals surface area contributed by atoms with Gasteiger partial charge in [0.05, 0.1) is 127 Å². The first kappa shape index (κ1) is 79.7. The van der Waals surface area contributed by atoms with Crippen molar-refractivity contribution in [1.82, 2.24) is 61.4 Å². The normalized spacial score (nSPS) is 12.4. The van der Waals surface area contributed by atoms with Gasteiger partial charge >= 0.3 is 0 Å². The van der Waals surface area contributed by atoms with Gasteiger partial charge in [-0.15, -0.1) is 0 Å². The number of nitrogens with zero attached hydrogens (tertiary/aromatic N) is 13. The summed E-state index contributed by atoms with van der Waals surface area (Å²) in [6.07, 6.45) is 0. The predicted octanol–water partition coefficient (Wildman–Crippen LogP) is 34.0. The van der Waals surface area contributed by atoms with Gasteiger partial charge in [-0.25, -0.2) is 29.9 Å². The SMILES string of the molecule is c1ccc(-c2nc(-n3c4cccc5c4c4c(cc6c7ccccc7n(-c7ccccc7)c6c43)c3cccc4c6ccccc6n5c34)nc3ccccc23)cc1.c1ccc(-c2nc3ccccc3nc2-n2c3cccc4c3c3c(cc5ccccc5c32)c2cccc3c5ccccc5n4c23)cc1.c1ccc(-c2nc3ccccc3nc2-n2c3cccc4c5cccc6c7ccccc7n(c56)c5c6ccccc6cc2c5c43)cc1. The Balaban J connectivity index is 0.0000000967. The molecule has 13 aromatic heterocycles. The highest BCUT2D eigenvalue weighted by atomic mass is 15.2. The van der Waals surface area contributed by atoms with Crippen LogP contribution in [0.1, 0.15) is 0 Å². The van der Waals surface area contributed by atoms with E-state index in [1.54, 1.807) is 0 Å². The van der Waals surface area contributed by atoms with Crippen LogP contribution in [-0.4, -0.2) is 61.4 Å². The molecule has 0 bridgehead atoms. The third-order valence-electron chi connectivity index (χ3n) is 31.3. The molecule has 35 aromatic rings. The maximum atomic E-state index is 5.54. The Bertz CT molecular complexity index is 11800. The molecule has 13 heteroatoms. The smallest absolute Gasteiger partial charge is 0.235 e. The molecule has 0 fully saturated rings. The summed E-state index contributed by atoms with van der Waals surface area (Å²) in [7, 11) is 0. The van der Waals surface area contributed by atoms with Gasteiger partial charge in [-0.05, 0) is 142 Å². The largest absolute Gasteiger partial charge is 0.308 e. The Morgan fingerprint density at radius 1 is 0.143 bits per heavy atom. The van der Waals surface area contributed by atoms with Crippen LogP contribution < -0.4 is 0 Å². The second kappa shape index (κ2) is 30.3. The number of fused-ring (bicyclic) bond motifs is 26. The quantitative estimate of drug-likeness (QED) is 0.157. The van der Waals surface area contributed by atoms with Crippen LogP contribution in [0.3, 0.4) is 0 Å². The van der Waals surface area contributed by atoms with Crippen LogP contribution in [0.4, 0.5) is 0 Å². The third-order valence-corrected chi connectivity index (χ3v) is 31.3. The topological polar surface area (TPSA) is 110 Å². The van der Waals surface area contributed by atoms with Crippen molar-refractivity contribution >= 4 is 256 Å². The molecule has 678 valence electrons.